The lowest BCUT2D eigenvalue weighted by Crippen LogP contribution is -2.30. The molecule has 0 aromatic heterocycles. The van der Waals surface area contributed by atoms with Crippen molar-refractivity contribution in [3.63, 3.8) is 0 Å². The Labute approximate surface area is 91.9 Å². The number of carbonyl (C=O) groups is 1. The molecule has 0 atom stereocenters. The van der Waals surface area contributed by atoms with E-state index in [0.29, 0.717) is 6.42 Å². The van der Waals surface area contributed by atoms with Gasteiger partial charge in [0.05, 0.1) is 0 Å². The van der Waals surface area contributed by atoms with Crippen molar-refractivity contribution in [2.24, 2.45) is 0 Å². The van der Waals surface area contributed by atoms with Gasteiger partial charge in [0.2, 0.25) is 5.91 Å². The molecule has 0 N–H and O–H groups in total. The minimum absolute atomic E-state index is 0.237. The molecule has 15 heavy (non-hydrogen) atoms. The average molecular weight is 205 g/mol. The Balaban J connectivity index is 2.62. The molecule has 0 radical (unpaired) electrons. The summed E-state index contributed by atoms with van der Waals surface area (Å²) in [6, 6.07) is 10.1. The van der Waals surface area contributed by atoms with Crippen molar-refractivity contribution in [1.82, 2.24) is 4.90 Å². The molecule has 0 fully saturated rings. The Bertz CT molecular complexity index is 295. The maximum Gasteiger partial charge on any atom is 0.222 e. The molecule has 1 aromatic carbocycles. The van der Waals surface area contributed by atoms with Gasteiger partial charge in [0.1, 0.15) is 0 Å². The second-order valence-corrected chi connectivity index (χ2v) is 3.65. The second-order valence-electron chi connectivity index (χ2n) is 3.65. The average Bonchev–Trinajstić information content (AvgIpc) is 2.29. The van der Waals surface area contributed by atoms with Crippen molar-refractivity contribution in [3.8, 4) is 0 Å². The maximum atomic E-state index is 11.6. The zero-order valence-electron chi connectivity index (χ0n) is 9.57. The van der Waals surface area contributed by atoms with Crippen molar-refractivity contribution < 1.29 is 4.79 Å². The summed E-state index contributed by atoms with van der Waals surface area (Å²) in [6.07, 6.45) is 1.60. The molecule has 1 amide bonds. The number of hydrogen-bond donors (Lipinski definition) is 0. The third-order valence-corrected chi connectivity index (χ3v) is 2.36. The molecular weight excluding hydrogens is 186 g/mol. The lowest BCUT2D eigenvalue weighted by atomic mass is 10.2. The van der Waals surface area contributed by atoms with Gasteiger partial charge in [-0.05, 0) is 12.0 Å². The van der Waals surface area contributed by atoms with Crippen LogP contribution < -0.4 is 0 Å². The maximum absolute atomic E-state index is 11.6. The van der Waals surface area contributed by atoms with Crippen molar-refractivity contribution in [2.75, 3.05) is 6.54 Å². The van der Waals surface area contributed by atoms with Crippen LogP contribution in [0.5, 0.6) is 0 Å². The summed E-state index contributed by atoms with van der Waals surface area (Å²) in [5, 5.41) is 0. The van der Waals surface area contributed by atoms with E-state index in [-0.39, 0.29) is 5.91 Å². The molecule has 82 valence electrons. The number of rotatable bonds is 5. The van der Waals surface area contributed by atoms with Crippen LogP contribution in [0.1, 0.15) is 32.3 Å². The van der Waals surface area contributed by atoms with Crippen LogP contribution in [-0.2, 0) is 11.3 Å². The number of nitrogens with zero attached hydrogens (tertiary/aromatic N) is 1. The van der Waals surface area contributed by atoms with Gasteiger partial charge in [0.25, 0.3) is 0 Å². The van der Waals surface area contributed by atoms with Gasteiger partial charge in [-0.3, -0.25) is 4.79 Å². The van der Waals surface area contributed by atoms with Gasteiger partial charge in [-0.15, -0.1) is 0 Å². The number of benzene rings is 1. The molecule has 0 saturated heterocycles. The third kappa shape index (κ3) is 3.74. The normalized spacial score (nSPS) is 10.0. The Morgan fingerprint density at radius 1 is 1.20 bits per heavy atom. The van der Waals surface area contributed by atoms with Crippen LogP contribution in [0.15, 0.2) is 30.3 Å². The summed E-state index contributed by atoms with van der Waals surface area (Å²) in [4.78, 5) is 13.6. The van der Waals surface area contributed by atoms with Crippen LogP contribution in [0.4, 0.5) is 0 Å². The van der Waals surface area contributed by atoms with Crippen molar-refractivity contribution >= 4 is 5.91 Å². The third-order valence-electron chi connectivity index (χ3n) is 2.36. The summed E-state index contributed by atoms with van der Waals surface area (Å²) in [7, 11) is 0. The van der Waals surface area contributed by atoms with Crippen LogP contribution in [0.25, 0.3) is 0 Å². The number of amides is 1. The molecule has 2 heteroatoms. The lowest BCUT2D eigenvalue weighted by molar-refractivity contribution is -0.131. The Kier molecular flexibility index (Phi) is 4.88. The van der Waals surface area contributed by atoms with Crippen molar-refractivity contribution in [1.29, 1.82) is 0 Å². The first kappa shape index (κ1) is 11.8. The molecule has 1 aromatic rings. The first-order valence-electron chi connectivity index (χ1n) is 5.59. The Morgan fingerprint density at radius 2 is 1.87 bits per heavy atom. The summed E-state index contributed by atoms with van der Waals surface area (Å²) in [6.45, 7) is 5.60. The highest BCUT2D eigenvalue weighted by Gasteiger charge is 2.10. The van der Waals surface area contributed by atoms with Gasteiger partial charge in [0, 0.05) is 19.5 Å². The highest BCUT2D eigenvalue weighted by Crippen LogP contribution is 2.06. The molecule has 0 heterocycles. The fourth-order valence-electron chi connectivity index (χ4n) is 1.59. The Morgan fingerprint density at radius 3 is 2.40 bits per heavy atom. The zero-order valence-corrected chi connectivity index (χ0v) is 9.57. The largest absolute Gasteiger partial charge is 0.338 e. The molecule has 0 aliphatic heterocycles. The van der Waals surface area contributed by atoms with E-state index in [9.17, 15) is 4.79 Å². The SMILES string of the molecule is CCCN(Cc1ccccc1)C(=O)CC. The van der Waals surface area contributed by atoms with Crippen LogP contribution in [0, 0.1) is 0 Å². The molecule has 0 unspecified atom stereocenters. The molecule has 0 spiro atoms. The smallest absolute Gasteiger partial charge is 0.222 e. The predicted molar refractivity (Wildman–Crippen MR) is 62.4 cm³/mol. The van der Waals surface area contributed by atoms with E-state index >= 15 is 0 Å². The highest BCUT2D eigenvalue weighted by atomic mass is 16.2. The van der Waals surface area contributed by atoms with Gasteiger partial charge in [-0.1, -0.05) is 44.2 Å². The standard InChI is InChI=1S/C13H19NO/c1-3-10-14(13(15)4-2)11-12-8-6-5-7-9-12/h5-9H,3-4,10-11H2,1-2H3. The van der Waals surface area contributed by atoms with Crippen LogP contribution in [-0.4, -0.2) is 17.4 Å². The van der Waals surface area contributed by atoms with E-state index in [1.54, 1.807) is 0 Å². The van der Waals surface area contributed by atoms with E-state index in [1.165, 1.54) is 5.56 Å². The molecule has 0 aliphatic carbocycles. The van der Waals surface area contributed by atoms with E-state index < -0.39 is 0 Å². The molecule has 0 aliphatic rings. The van der Waals surface area contributed by atoms with Crippen LogP contribution in [0.3, 0.4) is 0 Å². The minimum atomic E-state index is 0.237. The summed E-state index contributed by atoms with van der Waals surface area (Å²) >= 11 is 0. The molecule has 0 bridgehead atoms. The predicted octanol–water partition coefficient (Wildman–Crippen LogP) is 2.84. The second kappa shape index (κ2) is 6.23. The topological polar surface area (TPSA) is 20.3 Å². The first-order chi connectivity index (χ1) is 7.27. The van der Waals surface area contributed by atoms with Gasteiger partial charge >= 0.3 is 0 Å². The van der Waals surface area contributed by atoms with Crippen molar-refractivity contribution in [3.05, 3.63) is 35.9 Å². The summed E-state index contributed by atoms with van der Waals surface area (Å²) in [5.41, 5.74) is 1.20. The van der Waals surface area contributed by atoms with E-state index in [4.69, 9.17) is 0 Å². The van der Waals surface area contributed by atoms with Crippen molar-refractivity contribution in [2.45, 2.75) is 33.2 Å². The fraction of sp³-hybridized carbons (Fsp3) is 0.462. The quantitative estimate of drug-likeness (QED) is 0.723. The van der Waals surface area contributed by atoms with Gasteiger partial charge < -0.3 is 4.90 Å². The van der Waals surface area contributed by atoms with Crippen LogP contribution in [0.2, 0.25) is 0 Å². The Hall–Kier alpha value is -1.31. The van der Waals surface area contributed by atoms with E-state index in [0.717, 1.165) is 19.5 Å². The van der Waals surface area contributed by atoms with Gasteiger partial charge in [-0.2, -0.15) is 0 Å². The van der Waals surface area contributed by atoms with E-state index in [1.807, 2.05) is 30.0 Å². The molecular formula is C13H19NO. The zero-order chi connectivity index (χ0) is 11.1. The monoisotopic (exact) mass is 205 g/mol. The summed E-state index contributed by atoms with van der Waals surface area (Å²) in [5.74, 6) is 0.237. The van der Waals surface area contributed by atoms with Gasteiger partial charge in [0.15, 0.2) is 0 Å². The molecule has 2 nitrogen and oxygen atoms in total. The first-order valence-corrected chi connectivity index (χ1v) is 5.59. The lowest BCUT2D eigenvalue weighted by Gasteiger charge is -2.21. The number of carbonyl (C=O) groups excluding carboxylic acids is 1. The number of hydrogen-bond acceptors (Lipinski definition) is 1. The van der Waals surface area contributed by atoms with E-state index in [2.05, 4.69) is 19.1 Å². The molecule has 0 saturated carbocycles. The minimum Gasteiger partial charge on any atom is -0.338 e. The summed E-state index contributed by atoms with van der Waals surface area (Å²) < 4.78 is 0. The highest BCUT2D eigenvalue weighted by molar-refractivity contribution is 5.75. The van der Waals surface area contributed by atoms with Gasteiger partial charge in [-0.25, -0.2) is 0 Å². The molecule has 1 rings (SSSR count). The van der Waals surface area contributed by atoms with Crippen LogP contribution >= 0.6 is 0 Å². The fourth-order valence-corrected chi connectivity index (χ4v) is 1.59.